The number of amides is 1. The van der Waals surface area contributed by atoms with Gasteiger partial charge >= 0.3 is 0 Å². The molecule has 0 saturated carbocycles. The number of hydrogen-bond acceptors (Lipinski definition) is 4. The summed E-state index contributed by atoms with van der Waals surface area (Å²) in [5.41, 5.74) is 3.32. The lowest BCUT2D eigenvalue weighted by molar-refractivity contribution is -0.132. The molecular weight excluding hydrogens is 338 g/mol. The Balaban J connectivity index is 1.60. The quantitative estimate of drug-likeness (QED) is 0.717. The first-order valence-electron chi connectivity index (χ1n) is 8.02. The summed E-state index contributed by atoms with van der Waals surface area (Å²) in [5.74, 6) is 1.97. The molecule has 1 aliphatic heterocycles. The van der Waals surface area contributed by atoms with Crippen LogP contribution in [0.3, 0.4) is 0 Å². The Morgan fingerprint density at radius 2 is 2.21 bits per heavy atom. The van der Waals surface area contributed by atoms with E-state index in [1.54, 1.807) is 23.1 Å². The van der Waals surface area contributed by atoms with E-state index in [1.807, 2.05) is 29.2 Å². The molecule has 1 aromatic carbocycles. The van der Waals surface area contributed by atoms with Crippen LogP contribution < -0.4 is 0 Å². The van der Waals surface area contributed by atoms with Crippen LogP contribution in [0.4, 0.5) is 0 Å². The van der Waals surface area contributed by atoms with Gasteiger partial charge in [-0.3, -0.25) is 4.79 Å². The molecule has 4 rings (SSSR count). The molecule has 2 aromatic heterocycles. The molecule has 0 radical (unpaired) electrons. The molecule has 1 amide bonds. The van der Waals surface area contributed by atoms with Crippen molar-refractivity contribution in [2.75, 3.05) is 12.8 Å². The molecule has 0 aliphatic carbocycles. The van der Waals surface area contributed by atoms with Crippen molar-refractivity contribution in [1.82, 2.24) is 14.5 Å². The normalized spacial score (nSPS) is 14.1. The summed E-state index contributed by atoms with van der Waals surface area (Å²) in [6, 6.07) is 10.2. The standard InChI is InChI=1S/C18H19N3OS2/c1-23-12-17-19-14-4-2-3-5-15(14)21(17)11-18(22)20-8-6-16-13(10-20)7-9-24-16/h2-5,7,9H,6,8,10-12H2,1H3. The van der Waals surface area contributed by atoms with Crippen LogP contribution >= 0.6 is 23.1 Å². The summed E-state index contributed by atoms with van der Waals surface area (Å²) < 4.78 is 2.08. The van der Waals surface area contributed by atoms with Gasteiger partial charge in [-0.05, 0) is 41.8 Å². The van der Waals surface area contributed by atoms with Gasteiger partial charge in [0.1, 0.15) is 12.4 Å². The lowest BCUT2D eigenvalue weighted by Crippen LogP contribution is -2.37. The zero-order valence-corrected chi connectivity index (χ0v) is 15.2. The molecule has 3 heterocycles. The van der Waals surface area contributed by atoms with E-state index in [-0.39, 0.29) is 5.91 Å². The fraction of sp³-hybridized carbons (Fsp3) is 0.333. The molecule has 0 spiro atoms. The van der Waals surface area contributed by atoms with Crippen molar-refractivity contribution in [2.45, 2.75) is 25.3 Å². The van der Waals surface area contributed by atoms with Gasteiger partial charge in [0.25, 0.3) is 0 Å². The minimum Gasteiger partial charge on any atom is -0.336 e. The number of nitrogens with zero attached hydrogens (tertiary/aromatic N) is 3. The van der Waals surface area contributed by atoms with Gasteiger partial charge in [0.2, 0.25) is 5.91 Å². The average molecular weight is 358 g/mol. The molecule has 4 nitrogen and oxygen atoms in total. The number of benzene rings is 1. The number of imidazole rings is 1. The summed E-state index contributed by atoms with van der Waals surface area (Å²) in [7, 11) is 0. The van der Waals surface area contributed by atoms with Crippen LogP contribution in [0.15, 0.2) is 35.7 Å². The van der Waals surface area contributed by atoms with E-state index in [0.717, 1.165) is 42.1 Å². The Kier molecular flexibility index (Phi) is 4.33. The predicted molar refractivity (Wildman–Crippen MR) is 100 cm³/mol. The van der Waals surface area contributed by atoms with E-state index < -0.39 is 0 Å². The Bertz CT molecular complexity index is 883. The first-order chi connectivity index (χ1) is 11.8. The number of aromatic nitrogens is 2. The molecule has 0 bridgehead atoms. The van der Waals surface area contributed by atoms with Crippen LogP contribution in [-0.4, -0.2) is 33.2 Å². The van der Waals surface area contributed by atoms with E-state index >= 15 is 0 Å². The van der Waals surface area contributed by atoms with Crippen molar-refractivity contribution >= 4 is 40.0 Å². The second kappa shape index (κ2) is 6.61. The fourth-order valence-electron chi connectivity index (χ4n) is 3.24. The molecule has 6 heteroatoms. The maximum atomic E-state index is 12.9. The first kappa shape index (κ1) is 15.7. The number of thioether (sulfide) groups is 1. The zero-order chi connectivity index (χ0) is 16.5. The SMILES string of the molecule is CSCc1nc2ccccc2n1CC(=O)N1CCc2sccc2C1. The molecule has 124 valence electrons. The van der Waals surface area contributed by atoms with Crippen molar-refractivity contribution in [1.29, 1.82) is 0 Å². The highest BCUT2D eigenvalue weighted by atomic mass is 32.2. The molecule has 0 saturated heterocycles. The highest BCUT2D eigenvalue weighted by molar-refractivity contribution is 7.97. The highest BCUT2D eigenvalue weighted by Crippen LogP contribution is 2.25. The van der Waals surface area contributed by atoms with Crippen LogP contribution in [0.2, 0.25) is 0 Å². The highest BCUT2D eigenvalue weighted by Gasteiger charge is 2.23. The van der Waals surface area contributed by atoms with Crippen molar-refractivity contribution in [3.8, 4) is 0 Å². The maximum absolute atomic E-state index is 12.9. The second-order valence-corrected chi connectivity index (χ2v) is 7.84. The summed E-state index contributed by atoms with van der Waals surface area (Å²) in [6.07, 6.45) is 3.04. The van der Waals surface area contributed by atoms with Gasteiger partial charge in [-0.25, -0.2) is 4.98 Å². The third-order valence-corrected chi connectivity index (χ3v) is 6.03. The lowest BCUT2D eigenvalue weighted by atomic mass is 10.1. The molecule has 1 aliphatic rings. The van der Waals surface area contributed by atoms with Gasteiger partial charge in [-0.2, -0.15) is 11.8 Å². The Morgan fingerprint density at radius 1 is 1.33 bits per heavy atom. The summed E-state index contributed by atoms with van der Waals surface area (Å²) >= 11 is 3.53. The summed E-state index contributed by atoms with van der Waals surface area (Å²) in [6.45, 7) is 1.93. The number of hydrogen-bond donors (Lipinski definition) is 0. The molecule has 0 unspecified atom stereocenters. The van der Waals surface area contributed by atoms with E-state index in [0.29, 0.717) is 6.54 Å². The number of thiophene rings is 1. The van der Waals surface area contributed by atoms with Crippen LogP contribution in [0.25, 0.3) is 11.0 Å². The van der Waals surface area contributed by atoms with Crippen LogP contribution in [0.5, 0.6) is 0 Å². The van der Waals surface area contributed by atoms with Gasteiger partial charge in [0, 0.05) is 18.0 Å². The number of para-hydroxylation sites is 2. The van der Waals surface area contributed by atoms with Crippen molar-refractivity contribution < 1.29 is 4.79 Å². The third kappa shape index (κ3) is 2.84. The molecule has 3 aromatic rings. The predicted octanol–water partition coefficient (Wildman–Crippen LogP) is 3.55. The Morgan fingerprint density at radius 3 is 3.08 bits per heavy atom. The van der Waals surface area contributed by atoms with E-state index in [4.69, 9.17) is 4.98 Å². The van der Waals surface area contributed by atoms with E-state index in [1.165, 1.54) is 10.4 Å². The van der Waals surface area contributed by atoms with Crippen LogP contribution in [-0.2, 0) is 30.1 Å². The monoisotopic (exact) mass is 357 g/mol. The van der Waals surface area contributed by atoms with Crippen LogP contribution in [0.1, 0.15) is 16.3 Å². The smallest absolute Gasteiger partial charge is 0.242 e. The minimum atomic E-state index is 0.178. The number of carbonyl (C=O) groups excluding carboxylic acids is 1. The molecule has 0 N–H and O–H groups in total. The van der Waals surface area contributed by atoms with Gasteiger partial charge in [-0.1, -0.05) is 12.1 Å². The maximum Gasteiger partial charge on any atom is 0.242 e. The van der Waals surface area contributed by atoms with Crippen LogP contribution in [0, 0.1) is 0 Å². The third-order valence-electron chi connectivity index (χ3n) is 4.46. The van der Waals surface area contributed by atoms with Gasteiger partial charge in [0.15, 0.2) is 0 Å². The first-order valence-corrected chi connectivity index (χ1v) is 10.3. The molecule has 0 fully saturated rings. The average Bonchev–Trinajstić information content (AvgIpc) is 3.19. The second-order valence-electron chi connectivity index (χ2n) is 5.97. The number of carbonyl (C=O) groups is 1. The topological polar surface area (TPSA) is 38.1 Å². The largest absolute Gasteiger partial charge is 0.336 e. The molecule has 24 heavy (non-hydrogen) atoms. The van der Waals surface area contributed by atoms with Gasteiger partial charge in [0.05, 0.1) is 16.8 Å². The summed E-state index contributed by atoms with van der Waals surface area (Å²) in [5, 5.41) is 2.12. The number of rotatable bonds is 4. The Hall–Kier alpha value is -1.79. The summed E-state index contributed by atoms with van der Waals surface area (Å²) in [4.78, 5) is 21.0. The number of fused-ring (bicyclic) bond motifs is 2. The van der Waals surface area contributed by atoms with Gasteiger partial charge < -0.3 is 9.47 Å². The Labute approximate surface area is 149 Å². The minimum absolute atomic E-state index is 0.178. The van der Waals surface area contributed by atoms with Gasteiger partial charge in [-0.15, -0.1) is 11.3 Å². The van der Waals surface area contributed by atoms with Crippen molar-refractivity contribution in [3.63, 3.8) is 0 Å². The van der Waals surface area contributed by atoms with Crippen molar-refractivity contribution in [2.24, 2.45) is 0 Å². The van der Waals surface area contributed by atoms with Crippen molar-refractivity contribution in [3.05, 3.63) is 52.0 Å². The molecular formula is C18H19N3OS2. The molecule has 0 atom stereocenters. The lowest BCUT2D eigenvalue weighted by Gasteiger charge is -2.27. The fourth-order valence-corrected chi connectivity index (χ4v) is 4.61. The zero-order valence-electron chi connectivity index (χ0n) is 13.6. The van der Waals surface area contributed by atoms with E-state index in [9.17, 15) is 4.79 Å². The van der Waals surface area contributed by atoms with E-state index in [2.05, 4.69) is 22.3 Å².